The lowest BCUT2D eigenvalue weighted by atomic mass is 10.1. The predicted octanol–water partition coefficient (Wildman–Crippen LogP) is 3.32. The number of hydrogen-bond acceptors (Lipinski definition) is 0. The molecule has 0 saturated carbocycles. The molecule has 0 fully saturated rings. The maximum atomic E-state index is 13.1. The SMILES string of the molecule is [C-]#[N+]Cc1c(C)cc(Br)cc1F. The Morgan fingerprint density at radius 3 is 2.75 bits per heavy atom. The number of hydrogen-bond donors (Lipinski definition) is 0. The van der Waals surface area contributed by atoms with E-state index in [2.05, 4.69) is 20.8 Å². The second-order valence-electron chi connectivity index (χ2n) is 2.50. The Hall–Kier alpha value is -0.880. The Balaban J connectivity index is 3.21. The van der Waals surface area contributed by atoms with Crippen LogP contribution in [0.2, 0.25) is 0 Å². The van der Waals surface area contributed by atoms with Gasteiger partial charge in [-0.1, -0.05) is 15.9 Å². The average molecular weight is 228 g/mol. The molecular weight excluding hydrogens is 221 g/mol. The van der Waals surface area contributed by atoms with Crippen LogP contribution in [0.3, 0.4) is 0 Å². The Morgan fingerprint density at radius 2 is 2.25 bits per heavy atom. The van der Waals surface area contributed by atoms with Gasteiger partial charge in [0.05, 0.1) is 5.56 Å². The quantitative estimate of drug-likeness (QED) is 0.649. The van der Waals surface area contributed by atoms with Crippen molar-refractivity contribution in [2.24, 2.45) is 0 Å². The third-order valence-corrected chi connectivity index (χ3v) is 2.08. The highest BCUT2D eigenvalue weighted by Crippen LogP contribution is 2.20. The lowest BCUT2D eigenvalue weighted by molar-refractivity contribution is 0.612. The monoisotopic (exact) mass is 227 g/mol. The van der Waals surface area contributed by atoms with Crippen LogP contribution in [-0.4, -0.2) is 0 Å². The molecule has 0 aliphatic rings. The van der Waals surface area contributed by atoms with E-state index in [1.165, 1.54) is 6.07 Å². The normalized spacial score (nSPS) is 9.50. The lowest BCUT2D eigenvalue weighted by Gasteiger charge is -2.01. The van der Waals surface area contributed by atoms with Crippen LogP contribution in [0, 0.1) is 19.3 Å². The summed E-state index contributed by atoms with van der Waals surface area (Å²) >= 11 is 3.18. The minimum atomic E-state index is -0.308. The van der Waals surface area contributed by atoms with Crippen molar-refractivity contribution in [2.45, 2.75) is 13.5 Å². The molecule has 0 amide bonds. The highest BCUT2D eigenvalue weighted by molar-refractivity contribution is 9.10. The van der Waals surface area contributed by atoms with Crippen LogP contribution in [0.1, 0.15) is 11.1 Å². The Labute approximate surface area is 79.2 Å². The van der Waals surface area contributed by atoms with Crippen LogP contribution in [0.4, 0.5) is 4.39 Å². The summed E-state index contributed by atoms with van der Waals surface area (Å²) in [6.45, 7) is 8.55. The second kappa shape index (κ2) is 3.68. The van der Waals surface area contributed by atoms with E-state index in [1.807, 2.05) is 6.07 Å². The molecule has 0 spiro atoms. The molecule has 0 N–H and O–H groups in total. The summed E-state index contributed by atoms with van der Waals surface area (Å²) in [6.07, 6.45) is 0. The standard InChI is InChI=1S/C9H7BrFN/c1-6-3-7(10)4-9(11)8(6)5-12-2/h3-4H,5H2,1H3. The molecule has 0 radical (unpaired) electrons. The van der Waals surface area contributed by atoms with Gasteiger partial charge < -0.3 is 4.85 Å². The van der Waals surface area contributed by atoms with Gasteiger partial charge in [0.2, 0.25) is 6.54 Å². The zero-order chi connectivity index (χ0) is 9.14. The summed E-state index contributed by atoms with van der Waals surface area (Å²) in [7, 11) is 0. The lowest BCUT2D eigenvalue weighted by Crippen LogP contribution is -1.91. The van der Waals surface area contributed by atoms with Crippen molar-refractivity contribution < 1.29 is 4.39 Å². The zero-order valence-corrected chi connectivity index (χ0v) is 8.15. The number of benzene rings is 1. The van der Waals surface area contributed by atoms with Gasteiger partial charge in [-0.2, -0.15) is 0 Å². The summed E-state index contributed by atoms with van der Waals surface area (Å²) in [5.74, 6) is -0.308. The van der Waals surface area contributed by atoms with Gasteiger partial charge in [-0.15, -0.1) is 0 Å². The molecule has 12 heavy (non-hydrogen) atoms. The van der Waals surface area contributed by atoms with E-state index in [4.69, 9.17) is 6.57 Å². The number of aryl methyl sites for hydroxylation is 1. The van der Waals surface area contributed by atoms with Crippen molar-refractivity contribution in [3.05, 3.63) is 45.0 Å². The van der Waals surface area contributed by atoms with Crippen LogP contribution in [0.15, 0.2) is 16.6 Å². The van der Waals surface area contributed by atoms with Gasteiger partial charge in [0.15, 0.2) is 0 Å². The van der Waals surface area contributed by atoms with Gasteiger partial charge in [-0.05, 0) is 24.6 Å². The molecule has 0 bridgehead atoms. The first-order valence-corrected chi connectivity index (χ1v) is 4.22. The van der Waals surface area contributed by atoms with Gasteiger partial charge in [-0.3, -0.25) is 0 Å². The first-order chi connectivity index (χ1) is 5.65. The van der Waals surface area contributed by atoms with E-state index >= 15 is 0 Å². The summed E-state index contributed by atoms with van der Waals surface area (Å²) in [5.41, 5.74) is 1.31. The topological polar surface area (TPSA) is 4.36 Å². The highest BCUT2D eigenvalue weighted by Gasteiger charge is 2.08. The first kappa shape index (κ1) is 9.21. The van der Waals surface area contributed by atoms with Crippen LogP contribution in [0.5, 0.6) is 0 Å². The third-order valence-electron chi connectivity index (χ3n) is 1.62. The van der Waals surface area contributed by atoms with Crippen molar-refractivity contribution in [3.63, 3.8) is 0 Å². The Morgan fingerprint density at radius 1 is 1.58 bits per heavy atom. The third kappa shape index (κ3) is 1.83. The predicted molar refractivity (Wildman–Crippen MR) is 49.1 cm³/mol. The molecule has 0 aliphatic carbocycles. The molecule has 0 aliphatic heterocycles. The molecular formula is C9H7BrFN. The fourth-order valence-electron chi connectivity index (χ4n) is 1.01. The van der Waals surface area contributed by atoms with E-state index < -0.39 is 0 Å². The molecule has 1 aromatic carbocycles. The second-order valence-corrected chi connectivity index (χ2v) is 3.41. The number of rotatable bonds is 1. The Kier molecular flexibility index (Phi) is 2.83. The fourth-order valence-corrected chi connectivity index (χ4v) is 1.56. The van der Waals surface area contributed by atoms with E-state index in [-0.39, 0.29) is 12.4 Å². The molecule has 0 unspecified atom stereocenters. The maximum Gasteiger partial charge on any atom is 0.242 e. The first-order valence-electron chi connectivity index (χ1n) is 3.43. The molecule has 1 nitrogen and oxygen atoms in total. The maximum absolute atomic E-state index is 13.1. The van der Waals surface area contributed by atoms with Crippen molar-refractivity contribution in [2.75, 3.05) is 0 Å². The molecule has 1 rings (SSSR count). The molecule has 1 aromatic rings. The number of nitrogens with zero attached hydrogens (tertiary/aromatic N) is 1. The van der Waals surface area contributed by atoms with E-state index in [9.17, 15) is 4.39 Å². The summed E-state index contributed by atoms with van der Waals surface area (Å²) in [5, 5.41) is 0. The molecule has 0 saturated heterocycles. The van der Waals surface area contributed by atoms with Crippen LogP contribution >= 0.6 is 15.9 Å². The van der Waals surface area contributed by atoms with Crippen LogP contribution in [-0.2, 0) is 6.54 Å². The van der Waals surface area contributed by atoms with E-state index in [1.54, 1.807) is 6.92 Å². The number of halogens is 2. The van der Waals surface area contributed by atoms with Crippen molar-refractivity contribution >= 4 is 15.9 Å². The Bertz CT molecular complexity index is 318. The smallest absolute Gasteiger partial charge is 0.242 e. The van der Waals surface area contributed by atoms with Gasteiger partial charge in [0, 0.05) is 4.47 Å². The minimum absolute atomic E-state index is 0.116. The average Bonchev–Trinajstić information content (AvgIpc) is 1.96. The minimum Gasteiger partial charge on any atom is -0.312 e. The molecule has 0 heterocycles. The van der Waals surface area contributed by atoms with Crippen molar-refractivity contribution in [1.29, 1.82) is 0 Å². The summed E-state index contributed by atoms with van der Waals surface area (Å²) in [6, 6.07) is 3.19. The van der Waals surface area contributed by atoms with Gasteiger partial charge >= 0.3 is 0 Å². The molecule has 0 aromatic heterocycles. The zero-order valence-electron chi connectivity index (χ0n) is 6.56. The molecule has 0 atom stereocenters. The van der Waals surface area contributed by atoms with Crippen LogP contribution < -0.4 is 0 Å². The van der Waals surface area contributed by atoms with Crippen molar-refractivity contribution in [1.82, 2.24) is 0 Å². The summed E-state index contributed by atoms with van der Waals surface area (Å²) in [4.78, 5) is 3.15. The van der Waals surface area contributed by atoms with E-state index in [0.717, 1.165) is 5.56 Å². The van der Waals surface area contributed by atoms with Gasteiger partial charge in [-0.25, -0.2) is 11.0 Å². The van der Waals surface area contributed by atoms with Gasteiger partial charge in [0.25, 0.3) is 0 Å². The summed E-state index contributed by atoms with van der Waals surface area (Å²) < 4.78 is 13.8. The molecule has 62 valence electrons. The fraction of sp³-hybridized carbons (Fsp3) is 0.222. The van der Waals surface area contributed by atoms with Gasteiger partial charge in [0.1, 0.15) is 5.82 Å². The molecule has 3 heteroatoms. The van der Waals surface area contributed by atoms with E-state index in [0.29, 0.717) is 10.0 Å². The van der Waals surface area contributed by atoms with Crippen molar-refractivity contribution in [3.8, 4) is 0 Å². The highest BCUT2D eigenvalue weighted by atomic mass is 79.9. The largest absolute Gasteiger partial charge is 0.312 e. The van der Waals surface area contributed by atoms with Crippen LogP contribution in [0.25, 0.3) is 4.85 Å².